The van der Waals surface area contributed by atoms with Crippen molar-refractivity contribution in [1.29, 1.82) is 0 Å². The number of thiocarbonyl (C=S) groups is 1. The Balaban J connectivity index is 1.75. The molecule has 3 nitrogen and oxygen atoms in total. The molecule has 2 rings (SSSR count). The fourth-order valence-electron chi connectivity index (χ4n) is 2.43. The van der Waals surface area contributed by atoms with Gasteiger partial charge in [-0.25, -0.2) is 0 Å². The number of carbonyl (C=O) groups excluding carboxylic acids is 1. The minimum atomic E-state index is -0.0966. The van der Waals surface area contributed by atoms with Gasteiger partial charge in [0.1, 0.15) is 0 Å². The Bertz CT molecular complexity index is 469. The van der Waals surface area contributed by atoms with Crippen molar-refractivity contribution in [2.45, 2.75) is 44.6 Å². The molecule has 1 saturated carbocycles. The van der Waals surface area contributed by atoms with Crippen LogP contribution in [0.1, 0.15) is 37.7 Å². The standard InChI is InChI=1S/C15H19ClN2OS/c16-12-8-6-11(7-9-12)10-14(19)18-15(20)17-13-4-2-1-3-5-13/h6-9,13H,1-5,10H2,(H2,17,18,19,20). The van der Waals surface area contributed by atoms with E-state index in [1.165, 1.54) is 19.3 Å². The molecule has 0 unspecified atom stereocenters. The maximum atomic E-state index is 11.9. The summed E-state index contributed by atoms with van der Waals surface area (Å²) in [5.74, 6) is -0.0966. The number of nitrogens with one attached hydrogen (secondary N) is 2. The lowest BCUT2D eigenvalue weighted by molar-refractivity contribution is -0.119. The van der Waals surface area contributed by atoms with Crippen molar-refractivity contribution in [1.82, 2.24) is 10.6 Å². The summed E-state index contributed by atoms with van der Waals surface area (Å²) in [4.78, 5) is 11.9. The van der Waals surface area contributed by atoms with Crippen LogP contribution in [0, 0.1) is 0 Å². The molecule has 1 aromatic carbocycles. The van der Waals surface area contributed by atoms with Crippen LogP contribution < -0.4 is 10.6 Å². The number of rotatable bonds is 3. The SMILES string of the molecule is O=C(Cc1ccc(Cl)cc1)NC(=S)NC1CCCCC1. The second-order valence-corrected chi connectivity index (χ2v) is 6.00. The van der Waals surface area contributed by atoms with E-state index in [9.17, 15) is 4.79 Å². The zero-order chi connectivity index (χ0) is 14.4. The number of hydrogen-bond donors (Lipinski definition) is 2. The largest absolute Gasteiger partial charge is 0.360 e. The van der Waals surface area contributed by atoms with Crippen LogP contribution in [0.3, 0.4) is 0 Å². The highest BCUT2D eigenvalue weighted by molar-refractivity contribution is 7.80. The van der Waals surface area contributed by atoms with Gasteiger partial charge in [0.25, 0.3) is 0 Å². The third kappa shape index (κ3) is 5.10. The first-order valence-electron chi connectivity index (χ1n) is 6.98. The van der Waals surface area contributed by atoms with E-state index in [0.29, 0.717) is 22.6 Å². The number of benzene rings is 1. The van der Waals surface area contributed by atoms with E-state index >= 15 is 0 Å². The molecule has 0 aliphatic heterocycles. The van der Waals surface area contributed by atoms with E-state index in [2.05, 4.69) is 10.6 Å². The second kappa shape index (κ2) is 7.60. The van der Waals surface area contributed by atoms with E-state index < -0.39 is 0 Å². The van der Waals surface area contributed by atoms with Crippen molar-refractivity contribution >= 4 is 34.8 Å². The first-order chi connectivity index (χ1) is 9.63. The van der Waals surface area contributed by atoms with Gasteiger partial charge in [-0.15, -0.1) is 0 Å². The Kier molecular flexibility index (Phi) is 5.80. The molecular formula is C15H19ClN2OS. The summed E-state index contributed by atoms with van der Waals surface area (Å²) in [6.07, 6.45) is 6.34. The maximum absolute atomic E-state index is 11.9. The summed E-state index contributed by atoms with van der Waals surface area (Å²) in [6, 6.07) is 7.66. The van der Waals surface area contributed by atoms with Crippen LogP contribution in [0.4, 0.5) is 0 Å². The van der Waals surface area contributed by atoms with Gasteiger partial charge in [-0.2, -0.15) is 0 Å². The van der Waals surface area contributed by atoms with Crippen molar-refractivity contribution in [3.05, 3.63) is 34.9 Å². The van der Waals surface area contributed by atoms with E-state index in [-0.39, 0.29) is 5.91 Å². The van der Waals surface area contributed by atoms with Crippen molar-refractivity contribution in [2.24, 2.45) is 0 Å². The average molecular weight is 311 g/mol. The molecule has 1 amide bonds. The van der Waals surface area contributed by atoms with E-state index in [1.54, 1.807) is 12.1 Å². The monoisotopic (exact) mass is 310 g/mol. The van der Waals surface area contributed by atoms with Crippen LogP contribution in [0.25, 0.3) is 0 Å². The first-order valence-corrected chi connectivity index (χ1v) is 7.77. The van der Waals surface area contributed by atoms with Crippen LogP contribution in [0.15, 0.2) is 24.3 Å². The summed E-state index contributed by atoms with van der Waals surface area (Å²) in [7, 11) is 0. The van der Waals surface area contributed by atoms with E-state index in [1.807, 2.05) is 12.1 Å². The third-order valence-corrected chi connectivity index (χ3v) is 3.94. The van der Waals surface area contributed by atoms with Crippen LogP contribution in [0.5, 0.6) is 0 Å². The average Bonchev–Trinajstić information content (AvgIpc) is 2.42. The topological polar surface area (TPSA) is 41.1 Å². The Morgan fingerprint density at radius 3 is 2.50 bits per heavy atom. The predicted octanol–water partition coefficient (Wildman–Crippen LogP) is 3.21. The number of halogens is 1. The Hall–Kier alpha value is -1.13. The quantitative estimate of drug-likeness (QED) is 0.842. The summed E-state index contributed by atoms with van der Waals surface area (Å²) >= 11 is 11.0. The molecule has 0 spiro atoms. The normalized spacial score (nSPS) is 15.7. The fourth-order valence-corrected chi connectivity index (χ4v) is 2.83. The zero-order valence-corrected chi connectivity index (χ0v) is 12.9. The van der Waals surface area contributed by atoms with Gasteiger partial charge < -0.3 is 10.6 Å². The number of carbonyl (C=O) groups is 1. The molecular weight excluding hydrogens is 292 g/mol. The lowest BCUT2D eigenvalue weighted by Gasteiger charge is -2.24. The van der Waals surface area contributed by atoms with Crippen LogP contribution in [0.2, 0.25) is 5.02 Å². The molecule has 20 heavy (non-hydrogen) atoms. The summed E-state index contributed by atoms with van der Waals surface area (Å²) < 4.78 is 0. The van der Waals surface area contributed by atoms with Gasteiger partial charge in [0.05, 0.1) is 6.42 Å². The van der Waals surface area contributed by atoms with Crippen molar-refractivity contribution in [2.75, 3.05) is 0 Å². The highest BCUT2D eigenvalue weighted by Crippen LogP contribution is 2.17. The summed E-state index contributed by atoms with van der Waals surface area (Å²) in [6.45, 7) is 0. The van der Waals surface area contributed by atoms with Crippen LogP contribution >= 0.6 is 23.8 Å². The molecule has 1 aliphatic carbocycles. The highest BCUT2D eigenvalue weighted by atomic mass is 35.5. The molecule has 0 bridgehead atoms. The summed E-state index contributed by atoms with van der Waals surface area (Å²) in [5.41, 5.74) is 0.923. The molecule has 1 fully saturated rings. The summed E-state index contributed by atoms with van der Waals surface area (Å²) in [5, 5.41) is 7.07. The van der Waals surface area contributed by atoms with Crippen LogP contribution in [-0.2, 0) is 11.2 Å². The van der Waals surface area contributed by atoms with Gasteiger partial charge in [-0.05, 0) is 42.8 Å². The Labute approximate surface area is 130 Å². The molecule has 0 aromatic heterocycles. The van der Waals surface area contributed by atoms with Gasteiger partial charge in [-0.3, -0.25) is 4.79 Å². The van der Waals surface area contributed by atoms with Gasteiger partial charge in [-0.1, -0.05) is 43.0 Å². The van der Waals surface area contributed by atoms with Crippen molar-refractivity contribution in [3.8, 4) is 0 Å². The molecule has 0 atom stereocenters. The van der Waals surface area contributed by atoms with Gasteiger partial charge in [0.15, 0.2) is 5.11 Å². The number of amides is 1. The highest BCUT2D eigenvalue weighted by Gasteiger charge is 2.15. The molecule has 2 N–H and O–H groups in total. The van der Waals surface area contributed by atoms with E-state index in [4.69, 9.17) is 23.8 Å². The smallest absolute Gasteiger partial charge is 0.230 e. The van der Waals surface area contributed by atoms with Crippen LogP contribution in [-0.4, -0.2) is 17.1 Å². The number of hydrogen-bond acceptors (Lipinski definition) is 2. The second-order valence-electron chi connectivity index (χ2n) is 5.16. The maximum Gasteiger partial charge on any atom is 0.230 e. The van der Waals surface area contributed by atoms with Crippen molar-refractivity contribution in [3.63, 3.8) is 0 Å². The molecule has 108 valence electrons. The molecule has 5 heteroatoms. The van der Waals surface area contributed by atoms with Crippen molar-refractivity contribution < 1.29 is 4.79 Å². The van der Waals surface area contributed by atoms with Gasteiger partial charge in [0.2, 0.25) is 5.91 Å². The Morgan fingerprint density at radius 2 is 1.85 bits per heavy atom. The van der Waals surface area contributed by atoms with E-state index in [0.717, 1.165) is 18.4 Å². The minimum Gasteiger partial charge on any atom is -0.360 e. The zero-order valence-electron chi connectivity index (χ0n) is 11.3. The van der Waals surface area contributed by atoms with Gasteiger partial charge in [0, 0.05) is 11.1 Å². The first kappa shape index (κ1) is 15.3. The molecule has 1 aliphatic rings. The molecule has 0 saturated heterocycles. The fraction of sp³-hybridized carbons (Fsp3) is 0.467. The predicted molar refractivity (Wildman–Crippen MR) is 85.9 cm³/mol. The third-order valence-electron chi connectivity index (χ3n) is 3.47. The lowest BCUT2D eigenvalue weighted by Crippen LogP contribution is -2.45. The van der Waals surface area contributed by atoms with Gasteiger partial charge >= 0.3 is 0 Å². The lowest BCUT2D eigenvalue weighted by atomic mass is 9.96. The minimum absolute atomic E-state index is 0.0966. The molecule has 0 radical (unpaired) electrons. The molecule has 1 aromatic rings. The Morgan fingerprint density at radius 1 is 1.20 bits per heavy atom. The molecule has 0 heterocycles.